The Hall–Kier alpha value is -1.59. The SMILES string of the molecule is O=C(O)C(=O)O.O=C(O)C(=O)OF.[LiH]. The van der Waals surface area contributed by atoms with Crippen LogP contribution in [0.4, 0.5) is 4.53 Å². The van der Waals surface area contributed by atoms with Crippen LogP contribution in [0.5, 0.6) is 0 Å². The van der Waals surface area contributed by atoms with Gasteiger partial charge in [-0.05, 0) is 0 Å². The van der Waals surface area contributed by atoms with Gasteiger partial charge in [-0.3, -0.25) is 0 Å². The van der Waals surface area contributed by atoms with Gasteiger partial charge in [-0.15, -0.1) is 0 Å². The normalized spacial score (nSPS) is 6.93. The van der Waals surface area contributed by atoms with E-state index in [9.17, 15) is 14.1 Å². The molecule has 0 atom stereocenters. The number of aliphatic carboxylic acids is 3. The molecule has 0 bridgehead atoms. The van der Waals surface area contributed by atoms with Crippen LogP contribution in [0, 0.1) is 0 Å². The molecule has 10 heteroatoms. The summed E-state index contributed by atoms with van der Waals surface area (Å²) >= 11 is 0. The maximum absolute atomic E-state index is 10.4. The van der Waals surface area contributed by atoms with Crippen molar-refractivity contribution in [2.75, 3.05) is 0 Å². The number of carbonyl (C=O) groups excluding carboxylic acids is 1. The van der Waals surface area contributed by atoms with E-state index in [4.69, 9.17) is 24.9 Å². The number of carboxylic acids is 3. The molecular weight excluding hydrogens is 202 g/mol. The van der Waals surface area contributed by atoms with Crippen LogP contribution in [0.1, 0.15) is 0 Å². The van der Waals surface area contributed by atoms with E-state index in [2.05, 4.69) is 4.94 Å². The van der Waals surface area contributed by atoms with E-state index < -0.39 is 23.9 Å². The summed E-state index contributed by atoms with van der Waals surface area (Å²) in [6.45, 7) is 0. The van der Waals surface area contributed by atoms with Gasteiger partial charge in [-0.2, -0.15) is 0 Å². The first-order valence-corrected chi connectivity index (χ1v) is 2.35. The zero-order valence-electron chi connectivity index (χ0n) is 5.76. The van der Waals surface area contributed by atoms with E-state index in [1.807, 2.05) is 0 Å². The molecular formula is C4H4FLiO8. The number of hydrogen-bond donors (Lipinski definition) is 3. The van der Waals surface area contributed by atoms with Gasteiger partial charge in [0.05, 0.1) is 0 Å². The van der Waals surface area contributed by atoms with E-state index >= 15 is 0 Å². The van der Waals surface area contributed by atoms with Crippen LogP contribution in [0.15, 0.2) is 0 Å². The summed E-state index contributed by atoms with van der Waals surface area (Å²) in [5.74, 6) is -7.49. The predicted molar refractivity (Wildman–Crippen MR) is 37.3 cm³/mol. The number of carboxylic acid groups (broad SMARTS) is 3. The Bertz CT molecular complexity index is 225. The summed E-state index contributed by atoms with van der Waals surface area (Å²) in [5, 5.41) is 22.2. The summed E-state index contributed by atoms with van der Waals surface area (Å²) in [4.78, 5) is 39.0. The van der Waals surface area contributed by atoms with Crippen molar-refractivity contribution in [1.82, 2.24) is 0 Å². The van der Waals surface area contributed by atoms with Gasteiger partial charge in [0, 0.05) is 4.53 Å². The summed E-state index contributed by atoms with van der Waals surface area (Å²) in [5.41, 5.74) is 0. The van der Waals surface area contributed by atoms with Crippen molar-refractivity contribution >= 4 is 42.7 Å². The van der Waals surface area contributed by atoms with Crippen molar-refractivity contribution in [3.05, 3.63) is 0 Å². The summed E-state index contributed by atoms with van der Waals surface area (Å²) < 4.78 is 10.4. The third-order valence-corrected chi connectivity index (χ3v) is 0.428. The fourth-order valence-electron chi connectivity index (χ4n) is 0.0330. The van der Waals surface area contributed by atoms with Crippen molar-refractivity contribution in [1.29, 1.82) is 0 Å². The molecule has 0 aliphatic rings. The average molecular weight is 206 g/mol. The van der Waals surface area contributed by atoms with Crippen LogP contribution in [0.25, 0.3) is 0 Å². The Morgan fingerprint density at radius 2 is 1.14 bits per heavy atom. The second-order valence-corrected chi connectivity index (χ2v) is 1.28. The Kier molecular flexibility index (Phi) is 12.4. The summed E-state index contributed by atoms with van der Waals surface area (Å²) in [7, 11) is 0. The van der Waals surface area contributed by atoms with Gasteiger partial charge in [0.2, 0.25) is 0 Å². The molecule has 0 fully saturated rings. The molecule has 8 nitrogen and oxygen atoms in total. The third-order valence-electron chi connectivity index (χ3n) is 0.428. The molecule has 0 aromatic heterocycles. The van der Waals surface area contributed by atoms with Crippen LogP contribution >= 0.6 is 0 Å². The van der Waals surface area contributed by atoms with Crippen molar-refractivity contribution in [2.24, 2.45) is 0 Å². The molecule has 0 rings (SSSR count). The minimum atomic E-state index is -1.94. The van der Waals surface area contributed by atoms with E-state index in [-0.39, 0.29) is 18.9 Å². The fourth-order valence-corrected chi connectivity index (χ4v) is 0.0330. The molecule has 0 spiro atoms. The predicted octanol–water partition coefficient (Wildman–Crippen LogP) is -1.99. The van der Waals surface area contributed by atoms with E-state index in [1.54, 1.807) is 0 Å². The molecule has 0 aromatic rings. The number of hydrogen-bond acceptors (Lipinski definition) is 5. The van der Waals surface area contributed by atoms with Gasteiger partial charge in [0.15, 0.2) is 0 Å². The van der Waals surface area contributed by atoms with Crippen molar-refractivity contribution in [2.45, 2.75) is 0 Å². The van der Waals surface area contributed by atoms with Gasteiger partial charge in [0.1, 0.15) is 0 Å². The molecule has 0 aliphatic heterocycles. The topological polar surface area (TPSA) is 138 Å². The first kappa shape index (κ1) is 18.2. The Morgan fingerprint density at radius 3 is 1.14 bits per heavy atom. The van der Waals surface area contributed by atoms with Gasteiger partial charge in [-0.1, -0.05) is 0 Å². The van der Waals surface area contributed by atoms with Crippen LogP contribution in [0.2, 0.25) is 0 Å². The second kappa shape index (κ2) is 9.50. The van der Waals surface area contributed by atoms with Gasteiger partial charge in [-0.25, -0.2) is 24.1 Å². The Labute approximate surface area is 87.3 Å². The maximum atomic E-state index is 10.4. The molecule has 0 saturated carbocycles. The molecule has 0 amide bonds. The molecule has 0 aromatic carbocycles. The molecule has 0 aliphatic carbocycles. The van der Waals surface area contributed by atoms with Gasteiger partial charge >= 0.3 is 42.7 Å². The molecule has 14 heavy (non-hydrogen) atoms. The molecule has 76 valence electrons. The molecule has 0 saturated heterocycles. The van der Waals surface area contributed by atoms with Crippen molar-refractivity contribution < 1.29 is 44.0 Å². The molecule has 0 unspecified atom stereocenters. The van der Waals surface area contributed by atoms with Gasteiger partial charge in [0.25, 0.3) is 0 Å². The van der Waals surface area contributed by atoms with Crippen LogP contribution < -0.4 is 0 Å². The van der Waals surface area contributed by atoms with Gasteiger partial charge < -0.3 is 15.3 Å². The molecule has 3 N–H and O–H groups in total. The standard InChI is InChI=1S/C2HFO4.C2H2O4.Li.H/c3-7-2(6)1(4)5;3-1(4)2(5)6;;/h(H,4,5);(H,3,4)(H,5,6);;. The first-order valence-electron chi connectivity index (χ1n) is 2.35. The van der Waals surface area contributed by atoms with E-state index in [0.717, 1.165) is 0 Å². The zero-order valence-corrected chi connectivity index (χ0v) is 5.76. The van der Waals surface area contributed by atoms with E-state index in [0.29, 0.717) is 0 Å². The number of carbonyl (C=O) groups is 4. The Morgan fingerprint density at radius 1 is 0.857 bits per heavy atom. The second-order valence-electron chi connectivity index (χ2n) is 1.28. The first-order chi connectivity index (χ1) is 5.82. The zero-order chi connectivity index (χ0) is 11.0. The van der Waals surface area contributed by atoms with Crippen LogP contribution in [-0.2, 0) is 24.1 Å². The monoisotopic (exact) mass is 206 g/mol. The van der Waals surface area contributed by atoms with E-state index in [1.165, 1.54) is 0 Å². The van der Waals surface area contributed by atoms with Crippen molar-refractivity contribution in [3.63, 3.8) is 0 Å². The molecule has 0 radical (unpaired) electrons. The third kappa shape index (κ3) is 13.0. The number of halogens is 1. The van der Waals surface area contributed by atoms with Crippen molar-refractivity contribution in [3.8, 4) is 0 Å². The quantitative estimate of drug-likeness (QED) is 0.305. The van der Waals surface area contributed by atoms with Crippen LogP contribution in [-0.4, -0.2) is 58.1 Å². The molecule has 0 heterocycles. The summed E-state index contributed by atoms with van der Waals surface area (Å²) in [6.07, 6.45) is 0. The van der Waals surface area contributed by atoms with Crippen LogP contribution in [0.3, 0.4) is 0 Å². The summed E-state index contributed by atoms with van der Waals surface area (Å²) in [6, 6.07) is 0. The number of rotatable bonds is 0. The average Bonchev–Trinajstić information content (AvgIpc) is 2.03. The fraction of sp³-hybridized carbons (Fsp3) is 0. The minimum absolute atomic E-state index is 0. The Balaban J connectivity index is -0.000000163.